The summed E-state index contributed by atoms with van der Waals surface area (Å²) in [5.41, 5.74) is 0.565. The van der Waals surface area contributed by atoms with E-state index in [4.69, 9.17) is 0 Å². The van der Waals surface area contributed by atoms with Crippen molar-refractivity contribution in [2.24, 2.45) is 11.3 Å². The first kappa shape index (κ1) is 14.8. The van der Waals surface area contributed by atoms with Crippen LogP contribution in [0.1, 0.15) is 65.2 Å². The molecule has 0 heterocycles. The van der Waals surface area contributed by atoms with E-state index in [0.717, 1.165) is 5.92 Å². The molecule has 1 nitrogen and oxygen atoms in total. The van der Waals surface area contributed by atoms with Crippen LogP contribution in [0.3, 0.4) is 0 Å². The van der Waals surface area contributed by atoms with Crippen molar-refractivity contribution in [3.8, 4) is 0 Å². The highest BCUT2D eigenvalue weighted by Crippen LogP contribution is 2.39. The third-order valence-corrected chi connectivity index (χ3v) is 6.10. The fraction of sp³-hybridized carbons (Fsp3) is 1.00. The summed E-state index contributed by atoms with van der Waals surface area (Å²) in [5, 5.41) is 1.20. The third-order valence-electron chi connectivity index (χ3n) is 4.91. The molecule has 0 aromatic heterocycles. The van der Waals surface area contributed by atoms with E-state index in [9.17, 15) is 0 Å². The molecule has 18 heavy (non-hydrogen) atoms. The highest BCUT2D eigenvalue weighted by molar-refractivity contribution is 9.09. The first-order valence-electron chi connectivity index (χ1n) is 7.95. The van der Waals surface area contributed by atoms with Crippen LogP contribution in [0.25, 0.3) is 0 Å². The third kappa shape index (κ3) is 4.23. The molecule has 0 radical (unpaired) electrons. The molecule has 2 saturated carbocycles. The van der Waals surface area contributed by atoms with Crippen molar-refractivity contribution in [2.45, 2.75) is 71.3 Å². The molecule has 0 amide bonds. The number of halogens is 1. The summed E-state index contributed by atoms with van der Waals surface area (Å²) in [6.45, 7) is 7.43. The van der Waals surface area contributed by atoms with Crippen LogP contribution in [0.5, 0.6) is 0 Å². The Bertz CT molecular complexity index is 239. The van der Waals surface area contributed by atoms with E-state index >= 15 is 0 Å². The van der Waals surface area contributed by atoms with Gasteiger partial charge in [-0.25, -0.2) is 0 Å². The maximum absolute atomic E-state index is 3.84. The number of alkyl halides is 1. The van der Waals surface area contributed by atoms with Crippen molar-refractivity contribution < 1.29 is 0 Å². The molecule has 106 valence electrons. The number of hydrogen-bond acceptors (Lipinski definition) is 1. The maximum atomic E-state index is 3.84. The van der Waals surface area contributed by atoms with Gasteiger partial charge in [0.2, 0.25) is 0 Å². The summed E-state index contributed by atoms with van der Waals surface area (Å²) in [7, 11) is 0. The Balaban J connectivity index is 1.95. The molecular formula is C16H30BrN. The summed E-state index contributed by atoms with van der Waals surface area (Å²) < 4.78 is 0. The SMILES string of the molecule is CC(C)N(CC1CC1)CC1(CBr)CCCCCC1. The number of hydrogen-bond donors (Lipinski definition) is 0. The second-order valence-corrected chi connectivity index (χ2v) is 7.58. The molecule has 0 aliphatic heterocycles. The van der Waals surface area contributed by atoms with Crippen molar-refractivity contribution in [3.63, 3.8) is 0 Å². The predicted molar refractivity (Wildman–Crippen MR) is 83.4 cm³/mol. The van der Waals surface area contributed by atoms with E-state index in [0.29, 0.717) is 11.5 Å². The molecule has 0 spiro atoms. The predicted octanol–water partition coefficient (Wildman–Crippen LogP) is 4.84. The highest BCUT2D eigenvalue weighted by atomic mass is 79.9. The maximum Gasteiger partial charge on any atom is 0.0100 e. The van der Waals surface area contributed by atoms with Crippen LogP contribution in [0.2, 0.25) is 0 Å². The Morgan fingerprint density at radius 2 is 1.72 bits per heavy atom. The normalized spacial score (nSPS) is 24.5. The van der Waals surface area contributed by atoms with Gasteiger partial charge in [-0.1, -0.05) is 41.6 Å². The Labute approximate surface area is 122 Å². The van der Waals surface area contributed by atoms with Gasteiger partial charge in [0, 0.05) is 24.5 Å². The second kappa shape index (κ2) is 6.74. The zero-order chi connectivity index (χ0) is 13.0. The molecule has 0 aromatic rings. The standard InChI is InChI=1S/C16H30BrN/c1-14(2)18(11-15-7-8-15)13-16(12-17)9-5-3-4-6-10-16/h14-15H,3-13H2,1-2H3. The van der Waals surface area contributed by atoms with Crippen molar-refractivity contribution in [2.75, 3.05) is 18.4 Å². The lowest BCUT2D eigenvalue weighted by Crippen LogP contribution is -2.43. The van der Waals surface area contributed by atoms with Gasteiger partial charge in [0.15, 0.2) is 0 Å². The summed E-state index contributed by atoms with van der Waals surface area (Å²) in [5.74, 6) is 1.02. The van der Waals surface area contributed by atoms with Gasteiger partial charge in [0.05, 0.1) is 0 Å². The fourth-order valence-electron chi connectivity index (χ4n) is 3.33. The lowest BCUT2D eigenvalue weighted by Gasteiger charge is -2.39. The molecule has 0 N–H and O–H groups in total. The average molecular weight is 316 g/mol. The Morgan fingerprint density at radius 3 is 2.17 bits per heavy atom. The van der Waals surface area contributed by atoms with Gasteiger partial charge in [-0.05, 0) is 50.9 Å². The number of nitrogens with zero attached hydrogens (tertiary/aromatic N) is 1. The largest absolute Gasteiger partial charge is 0.300 e. The van der Waals surface area contributed by atoms with Crippen molar-refractivity contribution >= 4 is 15.9 Å². The van der Waals surface area contributed by atoms with E-state index in [-0.39, 0.29) is 0 Å². The second-order valence-electron chi connectivity index (χ2n) is 7.01. The molecule has 2 rings (SSSR count). The van der Waals surface area contributed by atoms with Crippen molar-refractivity contribution in [3.05, 3.63) is 0 Å². The van der Waals surface area contributed by atoms with Crippen LogP contribution >= 0.6 is 15.9 Å². The molecule has 0 bridgehead atoms. The highest BCUT2D eigenvalue weighted by Gasteiger charge is 2.34. The average Bonchev–Trinajstić information content (AvgIpc) is 3.16. The summed E-state index contributed by atoms with van der Waals surface area (Å²) >= 11 is 3.84. The Morgan fingerprint density at radius 1 is 1.11 bits per heavy atom. The molecule has 0 unspecified atom stereocenters. The molecule has 2 aliphatic rings. The molecule has 2 heteroatoms. The molecule has 0 atom stereocenters. The zero-order valence-electron chi connectivity index (χ0n) is 12.3. The molecule has 2 fully saturated rings. The molecule has 0 saturated heterocycles. The summed E-state index contributed by atoms with van der Waals surface area (Å²) in [6, 6.07) is 0.713. The van der Waals surface area contributed by atoms with Gasteiger partial charge in [0.1, 0.15) is 0 Å². The van der Waals surface area contributed by atoms with Gasteiger partial charge < -0.3 is 4.90 Å². The summed E-state index contributed by atoms with van der Waals surface area (Å²) in [4.78, 5) is 2.77. The minimum Gasteiger partial charge on any atom is -0.300 e. The number of rotatable bonds is 6. The van der Waals surface area contributed by atoms with Crippen LogP contribution in [0, 0.1) is 11.3 Å². The monoisotopic (exact) mass is 315 g/mol. The van der Waals surface area contributed by atoms with E-state index in [1.807, 2.05) is 0 Å². The van der Waals surface area contributed by atoms with Crippen LogP contribution < -0.4 is 0 Å². The van der Waals surface area contributed by atoms with E-state index in [2.05, 4.69) is 34.7 Å². The minimum atomic E-state index is 0.565. The van der Waals surface area contributed by atoms with Gasteiger partial charge in [-0.15, -0.1) is 0 Å². The summed E-state index contributed by atoms with van der Waals surface area (Å²) in [6.07, 6.45) is 11.6. The van der Waals surface area contributed by atoms with Gasteiger partial charge in [-0.2, -0.15) is 0 Å². The first-order chi connectivity index (χ1) is 8.65. The quantitative estimate of drug-likeness (QED) is 0.500. The zero-order valence-corrected chi connectivity index (χ0v) is 13.8. The minimum absolute atomic E-state index is 0.565. The van der Waals surface area contributed by atoms with E-state index in [1.54, 1.807) is 0 Å². The lowest BCUT2D eigenvalue weighted by molar-refractivity contribution is 0.118. The van der Waals surface area contributed by atoms with E-state index < -0.39 is 0 Å². The fourth-order valence-corrected chi connectivity index (χ4v) is 4.07. The smallest absolute Gasteiger partial charge is 0.0100 e. The topological polar surface area (TPSA) is 3.24 Å². The Hall–Kier alpha value is 0.440. The van der Waals surface area contributed by atoms with Gasteiger partial charge >= 0.3 is 0 Å². The van der Waals surface area contributed by atoms with Crippen LogP contribution in [-0.4, -0.2) is 29.4 Å². The first-order valence-corrected chi connectivity index (χ1v) is 9.07. The van der Waals surface area contributed by atoms with E-state index in [1.165, 1.54) is 69.8 Å². The molecule has 0 aromatic carbocycles. The van der Waals surface area contributed by atoms with Gasteiger partial charge in [0.25, 0.3) is 0 Å². The van der Waals surface area contributed by atoms with Crippen LogP contribution in [0.15, 0.2) is 0 Å². The lowest BCUT2D eigenvalue weighted by atomic mass is 9.81. The van der Waals surface area contributed by atoms with Crippen molar-refractivity contribution in [1.29, 1.82) is 0 Å². The van der Waals surface area contributed by atoms with Crippen LogP contribution in [-0.2, 0) is 0 Å². The Kier molecular flexibility index (Phi) is 5.56. The molecule has 2 aliphatic carbocycles. The molecular weight excluding hydrogens is 286 g/mol. The van der Waals surface area contributed by atoms with Crippen molar-refractivity contribution in [1.82, 2.24) is 4.90 Å². The van der Waals surface area contributed by atoms with Crippen LogP contribution in [0.4, 0.5) is 0 Å². The van der Waals surface area contributed by atoms with Gasteiger partial charge in [-0.3, -0.25) is 0 Å².